The van der Waals surface area contributed by atoms with E-state index in [2.05, 4.69) is 23.8 Å². The molecule has 0 bridgehead atoms. The summed E-state index contributed by atoms with van der Waals surface area (Å²) in [5, 5.41) is 6.07. The van der Waals surface area contributed by atoms with Gasteiger partial charge < -0.3 is 15.5 Å². The summed E-state index contributed by atoms with van der Waals surface area (Å²) in [5.41, 5.74) is 1.28. The lowest BCUT2D eigenvalue weighted by atomic mass is 10.1. The van der Waals surface area contributed by atoms with E-state index in [0.717, 1.165) is 19.5 Å². The van der Waals surface area contributed by atoms with Crippen LogP contribution in [0.5, 0.6) is 0 Å². The molecule has 1 aromatic rings. The second kappa shape index (κ2) is 9.90. The van der Waals surface area contributed by atoms with Gasteiger partial charge >= 0.3 is 0 Å². The highest BCUT2D eigenvalue weighted by atomic mass is 35.5. The fourth-order valence-electron chi connectivity index (χ4n) is 2.55. The predicted molar refractivity (Wildman–Crippen MR) is 99.6 cm³/mol. The Morgan fingerprint density at radius 2 is 1.83 bits per heavy atom. The maximum Gasteiger partial charge on any atom is 0.254 e. The minimum atomic E-state index is -0.0809. The SMILES string of the molecule is C=CCN(CC=C)C(=O)c1ccc(NC(=O)C2CCNC2)cc1.Cl. The first-order chi connectivity index (χ1) is 11.2. The number of carbonyl (C=O) groups excluding carboxylic acids is 2. The predicted octanol–water partition coefficient (Wildman–Crippen LogP) is 2.47. The number of anilines is 1. The summed E-state index contributed by atoms with van der Waals surface area (Å²) < 4.78 is 0. The molecule has 0 radical (unpaired) electrons. The number of nitrogens with one attached hydrogen (secondary N) is 2. The average Bonchev–Trinajstić information content (AvgIpc) is 3.09. The molecule has 1 aromatic carbocycles. The molecule has 0 aromatic heterocycles. The Kier molecular flexibility index (Phi) is 8.22. The van der Waals surface area contributed by atoms with E-state index in [1.165, 1.54) is 0 Å². The highest BCUT2D eigenvalue weighted by Crippen LogP contribution is 2.15. The number of hydrogen-bond donors (Lipinski definition) is 2. The van der Waals surface area contributed by atoms with Crippen LogP contribution >= 0.6 is 12.4 Å². The second-order valence-corrected chi connectivity index (χ2v) is 5.54. The van der Waals surface area contributed by atoms with Crippen molar-refractivity contribution in [3.05, 3.63) is 55.1 Å². The highest BCUT2D eigenvalue weighted by molar-refractivity contribution is 5.96. The summed E-state index contributed by atoms with van der Waals surface area (Å²) in [6.45, 7) is 9.87. The number of rotatable bonds is 7. The lowest BCUT2D eigenvalue weighted by Crippen LogP contribution is -2.31. The summed E-state index contributed by atoms with van der Waals surface area (Å²) >= 11 is 0. The van der Waals surface area contributed by atoms with E-state index < -0.39 is 0 Å². The van der Waals surface area contributed by atoms with Gasteiger partial charge in [-0.15, -0.1) is 25.6 Å². The molecule has 1 unspecified atom stereocenters. The third-order valence-electron chi connectivity index (χ3n) is 3.82. The molecule has 130 valence electrons. The molecule has 0 aliphatic carbocycles. The molecule has 2 amide bonds. The lowest BCUT2D eigenvalue weighted by Gasteiger charge is -2.19. The van der Waals surface area contributed by atoms with Gasteiger partial charge in [0.15, 0.2) is 0 Å². The van der Waals surface area contributed by atoms with Gasteiger partial charge in [0.2, 0.25) is 5.91 Å². The second-order valence-electron chi connectivity index (χ2n) is 5.54. The van der Waals surface area contributed by atoms with Gasteiger partial charge in [0.05, 0.1) is 5.92 Å². The topological polar surface area (TPSA) is 61.4 Å². The Hall–Kier alpha value is -2.11. The minimum absolute atomic E-state index is 0. The molecular formula is C18H24ClN3O2. The zero-order chi connectivity index (χ0) is 16.7. The largest absolute Gasteiger partial charge is 0.331 e. The lowest BCUT2D eigenvalue weighted by molar-refractivity contribution is -0.119. The fourth-order valence-corrected chi connectivity index (χ4v) is 2.55. The molecule has 1 aliphatic heterocycles. The van der Waals surface area contributed by atoms with Crippen LogP contribution in [0, 0.1) is 5.92 Å². The van der Waals surface area contributed by atoms with Crippen LogP contribution in [-0.4, -0.2) is 42.9 Å². The first-order valence-electron chi connectivity index (χ1n) is 7.78. The normalized spacial score (nSPS) is 15.9. The van der Waals surface area contributed by atoms with Gasteiger partial charge in [0.1, 0.15) is 0 Å². The number of carbonyl (C=O) groups is 2. The van der Waals surface area contributed by atoms with Crippen molar-refractivity contribution in [1.29, 1.82) is 0 Å². The van der Waals surface area contributed by atoms with E-state index in [0.29, 0.717) is 24.3 Å². The smallest absolute Gasteiger partial charge is 0.254 e. The Labute approximate surface area is 149 Å². The van der Waals surface area contributed by atoms with Crippen molar-refractivity contribution in [2.24, 2.45) is 5.92 Å². The zero-order valence-electron chi connectivity index (χ0n) is 13.7. The van der Waals surface area contributed by atoms with Gasteiger partial charge in [0.25, 0.3) is 5.91 Å². The van der Waals surface area contributed by atoms with Crippen LogP contribution in [0.1, 0.15) is 16.8 Å². The first kappa shape index (κ1) is 19.9. The van der Waals surface area contributed by atoms with Crippen LogP contribution in [0.3, 0.4) is 0 Å². The van der Waals surface area contributed by atoms with Crippen molar-refractivity contribution in [2.45, 2.75) is 6.42 Å². The van der Waals surface area contributed by atoms with Crippen molar-refractivity contribution in [3.63, 3.8) is 0 Å². The van der Waals surface area contributed by atoms with Crippen molar-refractivity contribution < 1.29 is 9.59 Å². The summed E-state index contributed by atoms with van der Waals surface area (Å²) in [6, 6.07) is 6.97. The highest BCUT2D eigenvalue weighted by Gasteiger charge is 2.22. The molecule has 2 N–H and O–H groups in total. The molecule has 1 fully saturated rings. The van der Waals surface area contributed by atoms with Gasteiger partial charge in [-0.2, -0.15) is 0 Å². The third kappa shape index (κ3) is 5.22. The first-order valence-corrected chi connectivity index (χ1v) is 7.78. The van der Waals surface area contributed by atoms with Gasteiger partial charge in [0, 0.05) is 30.9 Å². The fraction of sp³-hybridized carbons (Fsp3) is 0.333. The summed E-state index contributed by atoms with van der Waals surface area (Å²) in [7, 11) is 0. The maximum absolute atomic E-state index is 12.4. The Morgan fingerprint density at radius 3 is 2.33 bits per heavy atom. The van der Waals surface area contributed by atoms with Crippen molar-refractivity contribution >= 4 is 29.9 Å². The summed E-state index contributed by atoms with van der Waals surface area (Å²) in [6.07, 6.45) is 4.23. The quantitative estimate of drug-likeness (QED) is 0.743. The monoisotopic (exact) mass is 349 g/mol. The van der Waals surface area contributed by atoms with E-state index in [9.17, 15) is 9.59 Å². The van der Waals surface area contributed by atoms with Crippen molar-refractivity contribution in [2.75, 3.05) is 31.5 Å². The number of hydrogen-bond acceptors (Lipinski definition) is 3. The molecule has 24 heavy (non-hydrogen) atoms. The van der Waals surface area contributed by atoms with Crippen LogP contribution in [0.4, 0.5) is 5.69 Å². The molecule has 0 saturated carbocycles. The molecule has 5 nitrogen and oxygen atoms in total. The van der Waals surface area contributed by atoms with E-state index in [1.54, 1.807) is 41.3 Å². The molecule has 0 spiro atoms. The molecule has 6 heteroatoms. The molecule has 1 saturated heterocycles. The summed E-state index contributed by atoms with van der Waals surface area (Å²) in [4.78, 5) is 26.1. The van der Waals surface area contributed by atoms with Crippen LogP contribution < -0.4 is 10.6 Å². The van der Waals surface area contributed by atoms with Gasteiger partial charge in [-0.1, -0.05) is 12.2 Å². The van der Waals surface area contributed by atoms with Crippen LogP contribution in [0.25, 0.3) is 0 Å². The van der Waals surface area contributed by atoms with Gasteiger partial charge in [-0.05, 0) is 37.2 Å². The van der Waals surface area contributed by atoms with Crippen LogP contribution in [0.15, 0.2) is 49.6 Å². The van der Waals surface area contributed by atoms with Gasteiger partial charge in [-0.25, -0.2) is 0 Å². The van der Waals surface area contributed by atoms with Gasteiger partial charge in [-0.3, -0.25) is 9.59 Å². The van der Waals surface area contributed by atoms with Crippen LogP contribution in [-0.2, 0) is 4.79 Å². The van der Waals surface area contributed by atoms with Crippen LogP contribution in [0.2, 0.25) is 0 Å². The summed E-state index contributed by atoms with van der Waals surface area (Å²) in [5.74, 6) is -0.0383. The van der Waals surface area contributed by atoms with E-state index in [-0.39, 0.29) is 30.1 Å². The number of benzene rings is 1. The Morgan fingerprint density at radius 1 is 1.21 bits per heavy atom. The van der Waals surface area contributed by atoms with Crippen molar-refractivity contribution in [3.8, 4) is 0 Å². The molecule has 1 heterocycles. The number of amides is 2. The van der Waals surface area contributed by atoms with E-state index >= 15 is 0 Å². The molecule has 1 atom stereocenters. The zero-order valence-corrected chi connectivity index (χ0v) is 14.5. The molecular weight excluding hydrogens is 326 g/mol. The third-order valence-corrected chi connectivity index (χ3v) is 3.82. The maximum atomic E-state index is 12.4. The minimum Gasteiger partial charge on any atom is -0.331 e. The van der Waals surface area contributed by atoms with Crippen molar-refractivity contribution in [1.82, 2.24) is 10.2 Å². The average molecular weight is 350 g/mol. The van der Waals surface area contributed by atoms with E-state index in [4.69, 9.17) is 0 Å². The Bertz CT molecular complexity index is 570. The number of nitrogens with zero attached hydrogens (tertiary/aromatic N) is 1. The number of halogens is 1. The molecule has 2 rings (SSSR count). The standard InChI is InChI=1S/C18H23N3O2.ClH/c1-3-11-21(12-4-2)18(23)14-5-7-16(8-6-14)20-17(22)15-9-10-19-13-15;/h3-8,15,19H,1-2,9-13H2,(H,20,22);1H. The molecule has 1 aliphatic rings. The Balaban J connectivity index is 0.00000288. The van der Waals surface area contributed by atoms with E-state index in [1.807, 2.05) is 0 Å².